The Balaban J connectivity index is 1.65. The Morgan fingerprint density at radius 2 is 1.92 bits per heavy atom. The van der Waals surface area contributed by atoms with Crippen molar-refractivity contribution in [2.45, 2.75) is 20.8 Å². The lowest BCUT2D eigenvalue weighted by atomic mass is 9.94. The van der Waals surface area contributed by atoms with E-state index in [2.05, 4.69) is 14.9 Å². The molecule has 1 saturated heterocycles. The molecule has 2 aromatic rings. The molecule has 5 nitrogen and oxygen atoms in total. The van der Waals surface area contributed by atoms with Crippen molar-refractivity contribution in [1.82, 2.24) is 14.9 Å². The number of thiazole rings is 1. The molecule has 1 aliphatic heterocycles. The number of aromatic nitrogens is 2. The number of hydrogen-bond acceptors (Lipinski definition) is 5. The van der Waals surface area contributed by atoms with Gasteiger partial charge in [-0.25, -0.2) is 9.97 Å². The lowest BCUT2D eigenvalue weighted by Crippen LogP contribution is -2.51. The quantitative estimate of drug-likeness (QED) is 0.783. The minimum Gasteiger partial charge on any atom is -0.345 e. The van der Waals surface area contributed by atoms with Crippen molar-refractivity contribution < 1.29 is 9.18 Å². The van der Waals surface area contributed by atoms with Crippen molar-refractivity contribution in [2.24, 2.45) is 5.41 Å². The Kier molecular flexibility index (Phi) is 4.54. The van der Waals surface area contributed by atoms with E-state index in [4.69, 9.17) is 0 Å². The monoisotopic (exact) mass is 348 g/mol. The van der Waals surface area contributed by atoms with Crippen LogP contribution in [0.3, 0.4) is 0 Å². The molecule has 0 aromatic carbocycles. The molecule has 0 saturated carbocycles. The highest BCUT2D eigenvalue weighted by Crippen LogP contribution is 2.28. The maximum absolute atomic E-state index is 12.9. The fourth-order valence-corrected chi connectivity index (χ4v) is 3.53. The van der Waals surface area contributed by atoms with E-state index in [1.54, 1.807) is 17.4 Å². The molecule has 2 aromatic heterocycles. The smallest absolute Gasteiger partial charge is 0.228 e. The Hall–Kier alpha value is -2.02. The van der Waals surface area contributed by atoms with Crippen LogP contribution in [0.2, 0.25) is 0 Å². The predicted molar refractivity (Wildman–Crippen MR) is 93.6 cm³/mol. The van der Waals surface area contributed by atoms with Gasteiger partial charge in [-0.2, -0.15) is 4.39 Å². The van der Waals surface area contributed by atoms with Gasteiger partial charge in [0.1, 0.15) is 0 Å². The summed E-state index contributed by atoms with van der Waals surface area (Å²) < 4.78 is 12.9. The summed E-state index contributed by atoms with van der Waals surface area (Å²) in [5.41, 5.74) is 1.27. The molecule has 3 rings (SSSR count). The van der Waals surface area contributed by atoms with Gasteiger partial charge in [-0.05, 0) is 12.1 Å². The molecule has 0 N–H and O–H groups in total. The van der Waals surface area contributed by atoms with E-state index >= 15 is 0 Å². The van der Waals surface area contributed by atoms with Crippen molar-refractivity contribution in [1.29, 1.82) is 0 Å². The number of halogens is 1. The summed E-state index contributed by atoms with van der Waals surface area (Å²) in [7, 11) is 0. The molecule has 0 spiro atoms. The molecule has 1 amide bonds. The molecule has 128 valence electrons. The van der Waals surface area contributed by atoms with E-state index in [1.807, 2.05) is 31.1 Å². The molecule has 0 atom stereocenters. The van der Waals surface area contributed by atoms with Crippen LogP contribution in [0, 0.1) is 11.4 Å². The molecular weight excluding hydrogens is 327 g/mol. The Morgan fingerprint density at radius 3 is 2.50 bits per heavy atom. The lowest BCUT2D eigenvalue weighted by Gasteiger charge is -2.37. The van der Waals surface area contributed by atoms with Gasteiger partial charge in [0.05, 0.1) is 5.69 Å². The normalized spacial score (nSPS) is 15.7. The van der Waals surface area contributed by atoms with E-state index in [0.29, 0.717) is 13.1 Å². The number of carbonyl (C=O) groups is 1. The van der Waals surface area contributed by atoms with Crippen LogP contribution in [0.5, 0.6) is 0 Å². The molecule has 7 heteroatoms. The van der Waals surface area contributed by atoms with E-state index in [-0.39, 0.29) is 11.3 Å². The topological polar surface area (TPSA) is 49.3 Å². The molecule has 0 bridgehead atoms. The van der Waals surface area contributed by atoms with Crippen LogP contribution in [0.1, 0.15) is 20.8 Å². The van der Waals surface area contributed by atoms with Gasteiger partial charge in [0.25, 0.3) is 0 Å². The van der Waals surface area contributed by atoms with E-state index in [0.717, 1.165) is 29.5 Å². The van der Waals surface area contributed by atoms with Crippen molar-refractivity contribution in [3.8, 4) is 11.3 Å². The molecule has 1 fully saturated rings. The highest BCUT2D eigenvalue weighted by Gasteiger charge is 2.30. The minimum atomic E-state index is -0.492. The summed E-state index contributed by atoms with van der Waals surface area (Å²) in [6, 6.07) is 3.02. The second kappa shape index (κ2) is 6.47. The molecule has 3 heterocycles. The molecule has 1 aliphatic rings. The summed E-state index contributed by atoms with van der Waals surface area (Å²) in [4.78, 5) is 24.8. The van der Waals surface area contributed by atoms with Crippen LogP contribution >= 0.6 is 11.3 Å². The number of anilines is 1. The van der Waals surface area contributed by atoms with E-state index in [1.165, 1.54) is 12.3 Å². The van der Waals surface area contributed by atoms with E-state index < -0.39 is 5.95 Å². The number of hydrogen-bond donors (Lipinski definition) is 0. The second-order valence-corrected chi connectivity index (χ2v) is 7.75. The van der Waals surface area contributed by atoms with Gasteiger partial charge < -0.3 is 9.80 Å². The van der Waals surface area contributed by atoms with Gasteiger partial charge in [0.15, 0.2) is 5.13 Å². The largest absolute Gasteiger partial charge is 0.345 e. The number of rotatable bonds is 2. The van der Waals surface area contributed by atoms with E-state index in [9.17, 15) is 9.18 Å². The van der Waals surface area contributed by atoms with Crippen LogP contribution < -0.4 is 4.90 Å². The predicted octanol–water partition coefficient (Wildman–Crippen LogP) is 3.04. The molecule has 0 radical (unpaired) electrons. The highest BCUT2D eigenvalue weighted by molar-refractivity contribution is 7.14. The highest BCUT2D eigenvalue weighted by atomic mass is 32.1. The molecule has 0 aliphatic carbocycles. The van der Waals surface area contributed by atoms with Gasteiger partial charge in [0, 0.05) is 48.7 Å². The van der Waals surface area contributed by atoms with Crippen LogP contribution in [-0.2, 0) is 4.79 Å². The lowest BCUT2D eigenvalue weighted by molar-refractivity contribution is -0.139. The zero-order chi connectivity index (χ0) is 17.3. The summed E-state index contributed by atoms with van der Waals surface area (Å²) in [6.07, 6.45) is 1.49. The standard InChI is InChI=1S/C17H21FN4OS/c1-17(2,3)15(23)21-6-8-22(9-7-21)16-20-13(11-24-16)12-4-5-14(18)19-10-12/h4-5,10-11H,6-9H2,1-3H3. The fraction of sp³-hybridized carbons (Fsp3) is 0.471. The molecule has 0 unspecified atom stereocenters. The number of pyridine rings is 1. The first kappa shape index (κ1) is 16.8. The van der Waals surface area contributed by atoms with Crippen molar-refractivity contribution in [3.05, 3.63) is 29.7 Å². The maximum Gasteiger partial charge on any atom is 0.228 e. The summed E-state index contributed by atoms with van der Waals surface area (Å²) in [6.45, 7) is 8.82. The average Bonchev–Trinajstić information content (AvgIpc) is 3.04. The maximum atomic E-state index is 12.9. The zero-order valence-electron chi connectivity index (χ0n) is 14.1. The van der Waals surface area contributed by atoms with Crippen molar-refractivity contribution >= 4 is 22.4 Å². The number of carbonyl (C=O) groups excluding carboxylic acids is 1. The van der Waals surface area contributed by atoms with Gasteiger partial charge in [-0.1, -0.05) is 20.8 Å². The number of piperazine rings is 1. The summed E-state index contributed by atoms with van der Waals surface area (Å²) in [5.74, 6) is -0.298. The van der Waals surface area contributed by atoms with Crippen LogP contribution in [0.15, 0.2) is 23.7 Å². The first-order valence-corrected chi connectivity index (χ1v) is 8.84. The Bertz CT molecular complexity index is 715. The molecule has 24 heavy (non-hydrogen) atoms. The van der Waals surface area contributed by atoms with Gasteiger partial charge in [0.2, 0.25) is 11.9 Å². The summed E-state index contributed by atoms with van der Waals surface area (Å²) >= 11 is 1.56. The summed E-state index contributed by atoms with van der Waals surface area (Å²) in [5, 5.41) is 2.88. The van der Waals surface area contributed by atoms with Gasteiger partial charge in [-0.15, -0.1) is 11.3 Å². The van der Waals surface area contributed by atoms with Crippen LogP contribution in [-0.4, -0.2) is 47.0 Å². The second-order valence-electron chi connectivity index (χ2n) is 6.91. The van der Waals surface area contributed by atoms with Crippen LogP contribution in [0.25, 0.3) is 11.3 Å². The fourth-order valence-electron chi connectivity index (χ4n) is 2.64. The zero-order valence-corrected chi connectivity index (χ0v) is 14.9. The van der Waals surface area contributed by atoms with Gasteiger partial charge in [-0.3, -0.25) is 4.79 Å². The average molecular weight is 348 g/mol. The molecular formula is C17H21FN4OS. The first-order valence-electron chi connectivity index (χ1n) is 7.96. The third kappa shape index (κ3) is 3.56. The Labute approximate surface area is 145 Å². The Morgan fingerprint density at radius 1 is 1.21 bits per heavy atom. The van der Waals surface area contributed by atoms with Crippen molar-refractivity contribution in [2.75, 3.05) is 31.1 Å². The number of nitrogens with zero attached hydrogens (tertiary/aromatic N) is 4. The van der Waals surface area contributed by atoms with Crippen molar-refractivity contribution in [3.63, 3.8) is 0 Å². The first-order chi connectivity index (χ1) is 11.3. The van der Waals surface area contributed by atoms with Gasteiger partial charge >= 0.3 is 0 Å². The van der Waals surface area contributed by atoms with Crippen LogP contribution in [0.4, 0.5) is 9.52 Å². The number of amides is 1. The minimum absolute atomic E-state index is 0.194. The third-order valence-electron chi connectivity index (χ3n) is 3.99. The SMILES string of the molecule is CC(C)(C)C(=O)N1CCN(c2nc(-c3ccc(F)nc3)cs2)CC1. The third-order valence-corrected chi connectivity index (χ3v) is 4.90.